The van der Waals surface area contributed by atoms with Crippen molar-refractivity contribution < 1.29 is 26.1 Å². The molecule has 1 N–H and O–H groups in total. The van der Waals surface area contributed by atoms with Gasteiger partial charge in [0.15, 0.2) is 0 Å². The minimum atomic E-state index is -5.84. The summed E-state index contributed by atoms with van der Waals surface area (Å²) < 4.78 is 57.5. The standard InChI is InChI=1S/C12H10S2.CHF3O3S/c13-10-6-8-12(9-7-10)14-11-4-2-1-3-5-11;2-1(3,4)8(5,6)7/h1-9,13H;(H,5,6,7). The zero-order valence-electron chi connectivity index (χ0n) is 10.9. The summed E-state index contributed by atoms with van der Waals surface area (Å²) in [4.78, 5) is 3.51. The number of hydrogen-bond donors (Lipinski definition) is 2. The molecule has 0 unspecified atom stereocenters. The van der Waals surface area contributed by atoms with Crippen LogP contribution in [0.1, 0.15) is 0 Å². The molecule has 22 heavy (non-hydrogen) atoms. The SMILES string of the molecule is O=S(=O)(O)C(F)(F)F.Sc1ccc(Sc2ccccc2)cc1. The Kier molecular flexibility index (Phi) is 6.79. The molecule has 0 aliphatic rings. The normalized spacial score (nSPS) is 11.5. The van der Waals surface area contributed by atoms with E-state index in [2.05, 4.69) is 49.0 Å². The third-order valence-corrected chi connectivity index (χ3v) is 4.01. The summed E-state index contributed by atoms with van der Waals surface area (Å²) in [7, 11) is -5.84. The van der Waals surface area contributed by atoms with Crippen LogP contribution in [-0.2, 0) is 10.1 Å². The fourth-order valence-electron chi connectivity index (χ4n) is 1.14. The summed E-state index contributed by atoms with van der Waals surface area (Å²) in [5.74, 6) is 0. The van der Waals surface area contributed by atoms with Crippen molar-refractivity contribution in [3.63, 3.8) is 0 Å². The molecule has 0 spiro atoms. The third kappa shape index (κ3) is 6.73. The molecule has 0 aromatic heterocycles. The fourth-order valence-corrected chi connectivity index (χ4v) is 2.13. The monoisotopic (exact) mass is 368 g/mol. The van der Waals surface area contributed by atoms with Crippen LogP contribution in [0.15, 0.2) is 69.3 Å². The third-order valence-electron chi connectivity index (χ3n) is 2.11. The van der Waals surface area contributed by atoms with Gasteiger partial charge in [0.25, 0.3) is 0 Å². The predicted octanol–water partition coefficient (Wildman–Crippen LogP) is 4.52. The summed E-state index contributed by atoms with van der Waals surface area (Å²) in [6, 6.07) is 18.5. The molecule has 120 valence electrons. The van der Waals surface area contributed by atoms with Gasteiger partial charge in [-0.25, -0.2) is 0 Å². The molecule has 0 radical (unpaired) electrons. The van der Waals surface area contributed by atoms with Gasteiger partial charge in [0.1, 0.15) is 0 Å². The first kappa shape index (κ1) is 18.9. The quantitative estimate of drug-likeness (QED) is 0.465. The van der Waals surface area contributed by atoms with E-state index in [9.17, 15) is 13.2 Å². The van der Waals surface area contributed by atoms with Crippen molar-refractivity contribution in [1.82, 2.24) is 0 Å². The van der Waals surface area contributed by atoms with Crippen LogP contribution >= 0.6 is 24.4 Å². The molecule has 0 saturated heterocycles. The first-order chi connectivity index (χ1) is 10.1. The zero-order valence-corrected chi connectivity index (χ0v) is 13.4. The molecule has 2 rings (SSSR count). The molecule has 0 atom stereocenters. The molecule has 9 heteroatoms. The zero-order chi connectivity index (χ0) is 16.8. The van der Waals surface area contributed by atoms with Gasteiger partial charge in [0.05, 0.1) is 0 Å². The van der Waals surface area contributed by atoms with Crippen LogP contribution < -0.4 is 0 Å². The maximum absolute atomic E-state index is 10.7. The molecule has 0 aliphatic heterocycles. The number of hydrogen-bond acceptors (Lipinski definition) is 4. The molecule has 0 aliphatic carbocycles. The van der Waals surface area contributed by atoms with Crippen LogP contribution in [-0.4, -0.2) is 18.5 Å². The lowest BCUT2D eigenvalue weighted by Crippen LogP contribution is -2.21. The first-order valence-electron chi connectivity index (χ1n) is 5.65. The smallest absolute Gasteiger partial charge is 0.279 e. The summed E-state index contributed by atoms with van der Waals surface area (Å²) in [6.07, 6.45) is 0. The molecule has 0 bridgehead atoms. The van der Waals surface area contributed by atoms with Gasteiger partial charge < -0.3 is 0 Å². The van der Waals surface area contributed by atoms with E-state index in [0.717, 1.165) is 4.90 Å². The Balaban J connectivity index is 0.000000261. The predicted molar refractivity (Wildman–Crippen MR) is 81.9 cm³/mol. The van der Waals surface area contributed by atoms with E-state index in [0.29, 0.717) is 0 Å². The van der Waals surface area contributed by atoms with E-state index in [4.69, 9.17) is 13.0 Å². The van der Waals surface area contributed by atoms with Crippen LogP contribution in [0.5, 0.6) is 0 Å². The Morgan fingerprint density at radius 1 is 0.909 bits per heavy atom. The average Bonchev–Trinajstić information content (AvgIpc) is 2.41. The van der Waals surface area contributed by atoms with Gasteiger partial charge in [-0.05, 0) is 36.4 Å². The van der Waals surface area contributed by atoms with Crippen LogP contribution in [0.25, 0.3) is 0 Å². The van der Waals surface area contributed by atoms with Crippen LogP contribution in [0.3, 0.4) is 0 Å². The minimum Gasteiger partial charge on any atom is -0.279 e. The summed E-state index contributed by atoms with van der Waals surface area (Å²) in [5.41, 5.74) is -5.53. The van der Waals surface area contributed by atoms with Crippen molar-refractivity contribution in [3.05, 3.63) is 54.6 Å². The van der Waals surface area contributed by atoms with Gasteiger partial charge in [-0.2, -0.15) is 21.6 Å². The van der Waals surface area contributed by atoms with Crippen molar-refractivity contribution >= 4 is 34.5 Å². The van der Waals surface area contributed by atoms with E-state index in [-0.39, 0.29) is 0 Å². The Labute approximate surface area is 135 Å². The maximum atomic E-state index is 10.7. The van der Waals surface area contributed by atoms with Gasteiger partial charge in [-0.1, -0.05) is 30.0 Å². The van der Waals surface area contributed by atoms with Crippen LogP contribution in [0.4, 0.5) is 13.2 Å². The molecule has 2 aromatic rings. The average molecular weight is 368 g/mol. The lowest BCUT2D eigenvalue weighted by molar-refractivity contribution is -0.0510. The Bertz CT molecular complexity index is 684. The van der Waals surface area contributed by atoms with Gasteiger partial charge in [0.2, 0.25) is 0 Å². The minimum absolute atomic E-state index is 1.00. The Morgan fingerprint density at radius 3 is 1.73 bits per heavy atom. The highest BCUT2D eigenvalue weighted by molar-refractivity contribution is 7.99. The number of benzene rings is 2. The number of halogens is 3. The highest BCUT2D eigenvalue weighted by Gasteiger charge is 2.44. The summed E-state index contributed by atoms with van der Waals surface area (Å²) in [5, 5.41) is 0. The highest BCUT2D eigenvalue weighted by Crippen LogP contribution is 2.27. The Hall–Kier alpha value is -1.16. The van der Waals surface area contributed by atoms with Gasteiger partial charge in [-0.3, -0.25) is 4.55 Å². The molecule has 0 fully saturated rings. The van der Waals surface area contributed by atoms with E-state index in [1.54, 1.807) is 11.8 Å². The van der Waals surface area contributed by atoms with Gasteiger partial charge in [0, 0.05) is 14.7 Å². The number of alkyl halides is 3. The molecule has 0 amide bonds. The van der Waals surface area contributed by atoms with E-state index in [1.165, 1.54) is 9.79 Å². The van der Waals surface area contributed by atoms with Crippen LogP contribution in [0.2, 0.25) is 0 Å². The van der Waals surface area contributed by atoms with Crippen molar-refractivity contribution in [2.45, 2.75) is 20.2 Å². The molecule has 0 heterocycles. The van der Waals surface area contributed by atoms with Crippen molar-refractivity contribution in [3.8, 4) is 0 Å². The fraction of sp³-hybridized carbons (Fsp3) is 0.0769. The van der Waals surface area contributed by atoms with E-state index in [1.807, 2.05) is 18.2 Å². The maximum Gasteiger partial charge on any atom is 0.522 e. The molecule has 3 nitrogen and oxygen atoms in total. The summed E-state index contributed by atoms with van der Waals surface area (Å²) >= 11 is 6.01. The molecular formula is C13H11F3O3S3. The second kappa shape index (κ2) is 7.91. The number of thiol groups is 1. The largest absolute Gasteiger partial charge is 0.522 e. The lowest BCUT2D eigenvalue weighted by Gasteiger charge is -2.00. The lowest BCUT2D eigenvalue weighted by atomic mass is 10.4. The molecule has 0 saturated carbocycles. The van der Waals surface area contributed by atoms with Crippen molar-refractivity contribution in [1.29, 1.82) is 0 Å². The van der Waals surface area contributed by atoms with Gasteiger partial charge in [-0.15, -0.1) is 12.6 Å². The van der Waals surface area contributed by atoms with Gasteiger partial charge >= 0.3 is 15.6 Å². The van der Waals surface area contributed by atoms with Crippen molar-refractivity contribution in [2.75, 3.05) is 0 Å². The second-order valence-corrected chi connectivity index (χ2v) is 6.91. The van der Waals surface area contributed by atoms with E-state index >= 15 is 0 Å². The highest BCUT2D eigenvalue weighted by atomic mass is 32.2. The second-order valence-electron chi connectivity index (χ2n) is 3.83. The van der Waals surface area contributed by atoms with Crippen molar-refractivity contribution in [2.24, 2.45) is 0 Å². The number of rotatable bonds is 2. The molecular weight excluding hydrogens is 357 g/mol. The van der Waals surface area contributed by atoms with E-state index < -0.39 is 15.6 Å². The Morgan fingerprint density at radius 2 is 1.32 bits per heavy atom. The topological polar surface area (TPSA) is 54.4 Å². The summed E-state index contributed by atoms with van der Waals surface area (Å²) in [6.45, 7) is 0. The first-order valence-corrected chi connectivity index (χ1v) is 8.35. The molecule has 2 aromatic carbocycles. The van der Waals surface area contributed by atoms with Crippen LogP contribution in [0, 0.1) is 0 Å².